The van der Waals surface area contributed by atoms with E-state index in [2.05, 4.69) is 18.4 Å². The van der Waals surface area contributed by atoms with Gasteiger partial charge in [-0.25, -0.2) is 0 Å². The number of hydrogen-bond donors (Lipinski definition) is 0. The molecule has 0 saturated carbocycles. The molecule has 2 nitrogen and oxygen atoms in total. The average molecular weight is 284 g/mol. The van der Waals surface area contributed by atoms with E-state index in [1.807, 2.05) is 37.3 Å². The molecule has 1 aromatic heterocycles. The molecular weight excluding hydrogens is 268 g/mol. The summed E-state index contributed by atoms with van der Waals surface area (Å²) in [5, 5.41) is 2.10. The number of benzene rings is 1. The molecule has 0 fully saturated rings. The SMILES string of the molecule is COC1(C)C(=O)C(c2ccccc2)=C1c1cc(C)cs1. The Balaban J connectivity index is 2.22. The monoisotopic (exact) mass is 284 g/mol. The second-order valence-electron chi connectivity index (χ2n) is 5.17. The van der Waals surface area contributed by atoms with Crippen molar-refractivity contribution in [2.45, 2.75) is 19.4 Å². The number of thiophene rings is 1. The smallest absolute Gasteiger partial charge is 0.200 e. The van der Waals surface area contributed by atoms with Crippen LogP contribution < -0.4 is 0 Å². The molecule has 1 aromatic carbocycles. The second kappa shape index (κ2) is 4.69. The van der Waals surface area contributed by atoms with Crippen molar-refractivity contribution < 1.29 is 9.53 Å². The Bertz CT molecular complexity index is 697. The molecule has 3 rings (SSSR count). The Hall–Kier alpha value is -1.71. The lowest BCUT2D eigenvalue weighted by Gasteiger charge is -2.40. The minimum atomic E-state index is -0.817. The number of rotatable bonds is 3. The van der Waals surface area contributed by atoms with Crippen LogP contribution in [0.2, 0.25) is 0 Å². The zero-order chi connectivity index (χ0) is 14.3. The van der Waals surface area contributed by atoms with Crippen molar-refractivity contribution in [3.8, 4) is 0 Å². The van der Waals surface area contributed by atoms with Crippen molar-refractivity contribution in [1.82, 2.24) is 0 Å². The summed E-state index contributed by atoms with van der Waals surface area (Å²) in [5.41, 5.74) is 3.16. The summed E-state index contributed by atoms with van der Waals surface area (Å²) in [7, 11) is 1.60. The number of Topliss-reactive ketones (excluding diaryl/α,β-unsaturated/α-hetero) is 1. The van der Waals surface area contributed by atoms with Crippen LogP contribution in [0.5, 0.6) is 0 Å². The first-order valence-electron chi connectivity index (χ1n) is 6.53. The maximum absolute atomic E-state index is 12.5. The highest BCUT2D eigenvalue weighted by Crippen LogP contribution is 2.50. The molecule has 1 unspecified atom stereocenters. The standard InChI is InChI=1S/C17H16O2S/c1-11-9-13(20-10-11)15-14(12-7-5-4-6-8-12)16(18)17(15,2)19-3/h4-10H,1-3H3. The highest BCUT2D eigenvalue weighted by atomic mass is 32.1. The van der Waals surface area contributed by atoms with Crippen molar-refractivity contribution in [2.75, 3.05) is 7.11 Å². The van der Waals surface area contributed by atoms with Crippen molar-refractivity contribution in [3.63, 3.8) is 0 Å². The molecule has 2 aromatic rings. The summed E-state index contributed by atoms with van der Waals surface area (Å²) in [4.78, 5) is 13.6. The third-order valence-electron chi connectivity index (χ3n) is 3.84. The van der Waals surface area contributed by atoms with Gasteiger partial charge in [0.25, 0.3) is 0 Å². The van der Waals surface area contributed by atoms with Gasteiger partial charge in [-0.1, -0.05) is 30.3 Å². The highest BCUT2D eigenvalue weighted by Gasteiger charge is 2.51. The summed E-state index contributed by atoms with van der Waals surface area (Å²) >= 11 is 1.66. The largest absolute Gasteiger partial charge is 0.365 e. The molecule has 0 N–H and O–H groups in total. The first-order valence-corrected chi connectivity index (χ1v) is 7.41. The quantitative estimate of drug-likeness (QED) is 0.853. The fraction of sp³-hybridized carbons (Fsp3) is 0.235. The highest BCUT2D eigenvalue weighted by molar-refractivity contribution is 7.11. The summed E-state index contributed by atoms with van der Waals surface area (Å²) in [5.74, 6) is 0.0623. The normalized spacial score (nSPS) is 22.1. The first-order chi connectivity index (χ1) is 9.58. The van der Waals surface area contributed by atoms with Crippen LogP contribution in [-0.2, 0) is 9.53 Å². The van der Waals surface area contributed by atoms with Crippen LogP contribution in [0.3, 0.4) is 0 Å². The van der Waals surface area contributed by atoms with E-state index in [1.54, 1.807) is 18.4 Å². The van der Waals surface area contributed by atoms with Gasteiger partial charge < -0.3 is 4.74 Å². The first kappa shape index (κ1) is 13.3. The maximum Gasteiger partial charge on any atom is 0.200 e. The van der Waals surface area contributed by atoms with Gasteiger partial charge in [-0.05, 0) is 36.4 Å². The van der Waals surface area contributed by atoms with Gasteiger partial charge in [0, 0.05) is 23.1 Å². The third-order valence-corrected chi connectivity index (χ3v) is 4.90. The lowest BCUT2D eigenvalue weighted by molar-refractivity contribution is -0.129. The number of carbonyl (C=O) groups excluding carboxylic acids is 1. The van der Waals surface area contributed by atoms with Crippen LogP contribution in [0.15, 0.2) is 41.8 Å². The van der Waals surface area contributed by atoms with Crippen LogP contribution in [0.25, 0.3) is 11.1 Å². The van der Waals surface area contributed by atoms with Gasteiger partial charge in [-0.15, -0.1) is 11.3 Å². The number of methoxy groups -OCH3 is 1. The molecule has 1 aliphatic rings. The van der Waals surface area contributed by atoms with Gasteiger partial charge in [0.15, 0.2) is 11.4 Å². The van der Waals surface area contributed by atoms with Crippen LogP contribution in [-0.4, -0.2) is 18.5 Å². The van der Waals surface area contributed by atoms with Crippen molar-refractivity contribution in [1.29, 1.82) is 0 Å². The van der Waals surface area contributed by atoms with E-state index in [0.717, 1.165) is 21.6 Å². The lowest BCUT2D eigenvalue weighted by atomic mass is 9.69. The number of carbonyl (C=O) groups is 1. The molecule has 0 spiro atoms. The molecule has 0 saturated heterocycles. The molecule has 3 heteroatoms. The molecule has 20 heavy (non-hydrogen) atoms. The topological polar surface area (TPSA) is 26.3 Å². The maximum atomic E-state index is 12.5. The molecule has 102 valence electrons. The van der Waals surface area contributed by atoms with Gasteiger partial charge in [0.1, 0.15) is 0 Å². The summed E-state index contributed by atoms with van der Waals surface area (Å²) in [6.45, 7) is 3.92. The zero-order valence-electron chi connectivity index (χ0n) is 11.8. The van der Waals surface area contributed by atoms with Gasteiger partial charge in [0.2, 0.25) is 0 Å². The van der Waals surface area contributed by atoms with Crippen molar-refractivity contribution in [2.24, 2.45) is 0 Å². The minimum absolute atomic E-state index is 0.0623. The molecular formula is C17H16O2S. The number of ketones is 1. The Morgan fingerprint density at radius 3 is 2.45 bits per heavy atom. The van der Waals surface area contributed by atoms with Gasteiger partial charge >= 0.3 is 0 Å². The third kappa shape index (κ3) is 1.78. The van der Waals surface area contributed by atoms with E-state index >= 15 is 0 Å². The predicted octanol–water partition coefficient (Wildman–Crippen LogP) is 3.96. The molecule has 1 aliphatic carbocycles. The second-order valence-corrected chi connectivity index (χ2v) is 6.08. The number of ether oxygens (including phenoxy) is 1. The molecule has 0 aliphatic heterocycles. The fourth-order valence-corrected chi connectivity index (χ4v) is 3.69. The number of hydrogen-bond acceptors (Lipinski definition) is 3. The van der Waals surface area contributed by atoms with E-state index in [4.69, 9.17) is 4.74 Å². The van der Waals surface area contributed by atoms with Crippen LogP contribution >= 0.6 is 11.3 Å². The van der Waals surface area contributed by atoms with Gasteiger partial charge in [0.05, 0.1) is 0 Å². The molecule has 0 bridgehead atoms. The van der Waals surface area contributed by atoms with E-state index < -0.39 is 5.60 Å². The summed E-state index contributed by atoms with van der Waals surface area (Å²) < 4.78 is 5.51. The predicted molar refractivity (Wildman–Crippen MR) is 82.7 cm³/mol. The van der Waals surface area contributed by atoms with E-state index in [0.29, 0.717) is 0 Å². The Kier molecular flexibility index (Phi) is 3.11. The Labute approximate surface area is 122 Å². The molecule has 0 radical (unpaired) electrons. The van der Waals surface area contributed by atoms with Gasteiger partial charge in [-0.3, -0.25) is 4.79 Å². The molecule has 1 heterocycles. The fourth-order valence-electron chi connectivity index (χ4n) is 2.64. The molecule has 0 amide bonds. The van der Waals surface area contributed by atoms with E-state index in [-0.39, 0.29) is 5.78 Å². The Morgan fingerprint density at radius 2 is 1.90 bits per heavy atom. The van der Waals surface area contributed by atoms with E-state index in [1.165, 1.54) is 5.56 Å². The van der Waals surface area contributed by atoms with Crippen molar-refractivity contribution >= 4 is 28.3 Å². The Morgan fingerprint density at radius 1 is 1.20 bits per heavy atom. The van der Waals surface area contributed by atoms with E-state index in [9.17, 15) is 4.79 Å². The van der Waals surface area contributed by atoms with Crippen LogP contribution in [0, 0.1) is 6.92 Å². The lowest BCUT2D eigenvalue weighted by Crippen LogP contribution is -2.48. The summed E-state index contributed by atoms with van der Waals surface area (Å²) in [6.07, 6.45) is 0. The molecule has 1 atom stereocenters. The average Bonchev–Trinajstić information content (AvgIpc) is 2.89. The van der Waals surface area contributed by atoms with Crippen LogP contribution in [0.4, 0.5) is 0 Å². The van der Waals surface area contributed by atoms with Gasteiger partial charge in [-0.2, -0.15) is 0 Å². The minimum Gasteiger partial charge on any atom is -0.365 e. The van der Waals surface area contributed by atoms with Crippen molar-refractivity contribution in [3.05, 3.63) is 57.8 Å². The number of aryl methyl sites for hydroxylation is 1. The van der Waals surface area contributed by atoms with Crippen LogP contribution in [0.1, 0.15) is 22.9 Å². The zero-order valence-corrected chi connectivity index (χ0v) is 12.6. The summed E-state index contributed by atoms with van der Waals surface area (Å²) in [6, 6.07) is 11.9.